The number of aliphatic hydroxyl groups excluding tert-OH is 2. The number of benzene rings is 1. The molecule has 0 aliphatic heterocycles. The lowest BCUT2D eigenvalue weighted by molar-refractivity contribution is -0.150. The van der Waals surface area contributed by atoms with Crippen molar-refractivity contribution in [1.82, 2.24) is 4.90 Å². The number of aliphatic hydroxyl groups is 3. The van der Waals surface area contributed by atoms with Gasteiger partial charge in [0.2, 0.25) is 11.4 Å². The molecule has 3 aliphatic carbocycles. The summed E-state index contributed by atoms with van der Waals surface area (Å²) in [7, 11) is 6.54. The van der Waals surface area contributed by atoms with Gasteiger partial charge < -0.3 is 31.1 Å². The van der Waals surface area contributed by atoms with Crippen molar-refractivity contribution < 1.29 is 34.8 Å². The summed E-state index contributed by atoms with van der Waals surface area (Å²) >= 11 is 6.92. The van der Waals surface area contributed by atoms with Crippen LogP contribution in [0.5, 0.6) is 5.75 Å². The highest BCUT2D eigenvalue weighted by molar-refractivity contribution is 6.36. The largest absolute Gasteiger partial charge is 0.508 e. The van der Waals surface area contributed by atoms with Gasteiger partial charge in [0.1, 0.15) is 22.0 Å². The minimum Gasteiger partial charge on any atom is -0.508 e. The van der Waals surface area contributed by atoms with Crippen LogP contribution in [0.2, 0.25) is 0 Å². The number of primary amides is 1. The van der Waals surface area contributed by atoms with E-state index in [-0.39, 0.29) is 29.7 Å². The fraction of sp³-hybridized carbons (Fsp3) is 0.435. The lowest BCUT2D eigenvalue weighted by Crippen LogP contribution is -2.74. The first kappa shape index (κ1) is 24.1. The molecular formula is C23H26ClN3O7. The molecule has 0 bridgehead atoms. The molecule has 4 rings (SSSR count). The summed E-state index contributed by atoms with van der Waals surface area (Å²) in [6.45, 7) is 0. The number of amides is 1. The van der Waals surface area contributed by atoms with Crippen LogP contribution in [0.3, 0.4) is 0 Å². The zero-order valence-corrected chi connectivity index (χ0v) is 19.8. The number of likely N-dealkylation sites (N-methyl/N-ethyl adjacent to an activating group) is 1. The van der Waals surface area contributed by atoms with Crippen LogP contribution in [0.25, 0.3) is 5.76 Å². The quantitative estimate of drug-likeness (QED) is 0.297. The number of fused-ring (bicyclic) bond motifs is 3. The van der Waals surface area contributed by atoms with E-state index in [9.17, 15) is 34.8 Å². The molecule has 10 nitrogen and oxygen atoms in total. The van der Waals surface area contributed by atoms with Gasteiger partial charge >= 0.3 is 0 Å². The zero-order valence-electron chi connectivity index (χ0n) is 19.1. The van der Waals surface area contributed by atoms with E-state index in [0.29, 0.717) is 11.3 Å². The molecule has 0 saturated heterocycles. The number of rotatable bonds is 3. The van der Waals surface area contributed by atoms with E-state index in [4.69, 9.17) is 17.3 Å². The van der Waals surface area contributed by atoms with Crippen molar-refractivity contribution in [1.29, 1.82) is 0 Å². The molecule has 182 valence electrons. The second-order valence-electron chi connectivity index (χ2n) is 9.44. The molecule has 0 spiro atoms. The van der Waals surface area contributed by atoms with Gasteiger partial charge in [-0.25, -0.2) is 0 Å². The van der Waals surface area contributed by atoms with Gasteiger partial charge in [0.25, 0.3) is 5.91 Å². The average Bonchev–Trinajstić information content (AvgIpc) is 2.70. The lowest BCUT2D eigenvalue weighted by atomic mass is 9.57. The third-order valence-corrected chi connectivity index (χ3v) is 7.72. The fourth-order valence-corrected chi connectivity index (χ4v) is 6.34. The number of Topliss-reactive ketones (excluding diaryl/α,β-unsaturated/α-hetero) is 2. The predicted molar refractivity (Wildman–Crippen MR) is 124 cm³/mol. The van der Waals surface area contributed by atoms with Crippen LogP contribution in [-0.4, -0.2) is 87.5 Å². The molecule has 0 heterocycles. The van der Waals surface area contributed by atoms with E-state index in [1.54, 1.807) is 25.1 Å². The molecule has 6 N–H and O–H groups in total. The summed E-state index contributed by atoms with van der Waals surface area (Å²) in [5.74, 6) is -6.22. The molecule has 34 heavy (non-hydrogen) atoms. The molecule has 1 amide bonds. The van der Waals surface area contributed by atoms with Crippen LogP contribution in [0.1, 0.15) is 17.5 Å². The van der Waals surface area contributed by atoms with E-state index < -0.39 is 57.0 Å². The number of anilines is 1. The standard InChI is InChI=1S/C23H26ClN3O7/c1-26(2)11-5-6-12(28)14-10(11)7-9-8-22(24)18(27(3)4)17(30)15(21(25)33)20(32)23(22,34)19(31)13(9)16(14)29/h5-6,9,18,28-29,32,34H,7-8H2,1-4H3,(H2,25,33)/t9-,18+,22+,23-/m1/s1. The molecule has 0 unspecified atom stereocenters. The molecule has 11 heteroatoms. The van der Waals surface area contributed by atoms with E-state index in [2.05, 4.69) is 0 Å². The van der Waals surface area contributed by atoms with Crippen LogP contribution in [0.4, 0.5) is 5.69 Å². The van der Waals surface area contributed by atoms with Crippen molar-refractivity contribution in [2.75, 3.05) is 33.1 Å². The second-order valence-corrected chi connectivity index (χ2v) is 10.1. The highest BCUT2D eigenvalue weighted by atomic mass is 35.5. The number of phenols is 1. The maximum Gasteiger partial charge on any atom is 0.255 e. The summed E-state index contributed by atoms with van der Waals surface area (Å²) in [6.07, 6.45) is -0.0444. The third kappa shape index (κ3) is 2.79. The number of aromatic hydroxyl groups is 1. The maximum absolute atomic E-state index is 13.8. The van der Waals surface area contributed by atoms with E-state index >= 15 is 0 Å². The van der Waals surface area contributed by atoms with Crippen molar-refractivity contribution in [3.05, 3.63) is 40.2 Å². The number of alkyl halides is 1. The first-order chi connectivity index (χ1) is 15.7. The Kier molecular flexibility index (Phi) is 5.28. The molecule has 4 atom stereocenters. The van der Waals surface area contributed by atoms with Gasteiger partial charge in [-0.2, -0.15) is 0 Å². The number of hydrogen-bond donors (Lipinski definition) is 5. The second kappa shape index (κ2) is 7.46. The zero-order chi connectivity index (χ0) is 25.5. The van der Waals surface area contributed by atoms with Crippen molar-refractivity contribution >= 4 is 40.5 Å². The summed E-state index contributed by atoms with van der Waals surface area (Å²) in [5.41, 5.74) is 2.51. The van der Waals surface area contributed by atoms with E-state index in [0.717, 1.165) is 0 Å². The monoisotopic (exact) mass is 491 g/mol. The number of carbonyl (C=O) groups excluding carboxylic acids is 3. The average molecular weight is 492 g/mol. The Balaban J connectivity index is 2.05. The number of phenolic OH excluding ortho intramolecular Hbond substituents is 1. The van der Waals surface area contributed by atoms with Gasteiger partial charge in [-0.05, 0) is 50.6 Å². The van der Waals surface area contributed by atoms with Gasteiger partial charge in [0.15, 0.2) is 11.5 Å². The number of nitrogens with zero attached hydrogens (tertiary/aromatic N) is 2. The van der Waals surface area contributed by atoms with Crippen molar-refractivity contribution in [2.24, 2.45) is 11.7 Å². The normalized spacial score (nSPS) is 30.8. The third-order valence-electron chi connectivity index (χ3n) is 7.09. The number of halogens is 1. The van der Waals surface area contributed by atoms with Crippen LogP contribution < -0.4 is 10.6 Å². The smallest absolute Gasteiger partial charge is 0.255 e. The summed E-state index contributed by atoms with van der Waals surface area (Å²) in [6, 6.07) is 1.66. The summed E-state index contributed by atoms with van der Waals surface area (Å²) in [4.78, 5) is 40.1. The van der Waals surface area contributed by atoms with Crippen LogP contribution in [-0.2, 0) is 20.8 Å². The number of ketones is 2. The SMILES string of the molecule is CN(C)c1ccc(O)c2c1C[C@@H]1C[C@]3(Cl)[C@@H](N(C)C)C(=O)C(C(N)=O)=C(O)[C@]3(O)C(=O)C1=C2O. The lowest BCUT2D eigenvalue weighted by Gasteiger charge is -2.55. The molecule has 3 aliphatic rings. The van der Waals surface area contributed by atoms with Gasteiger partial charge in [-0.15, -0.1) is 11.6 Å². The number of carbonyl (C=O) groups is 3. The van der Waals surface area contributed by atoms with Crippen molar-refractivity contribution in [3.63, 3.8) is 0 Å². The Hall–Kier alpha value is -3.08. The number of hydrogen-bond acceptors (Lipinski definition) is 9. The van der Waals surface area contributed by atoms with Gasteiger partial charge in [0.05, 0.1) is 11.6 Å². The van der Waals surface area contributed by atoms with Gasteiger partial charge in [0, 0.05) is 25.4 Å². The van der Waals surface area contributed by atoms with Gasteiger partial charge in [-0.3, -0.25) is 19.3 Å². The number of nitrogens with two attached hydrogens (primary N) is 1. The summed E-state index contributed by atoms with van der Waals surface area (Å²) in [5, 5.41) is 44.2. The Morgan fingerprint density at radius 1 is 1.15 bits per heavy atom. The van der Waals surface area contributed by atoms with Crippen LogP contribution in [0.15, 0.2) is 29.0 Å². The molecule has 1 fully saturated rings. The Morgan fingerprint density at radius 2 is 1.76 bits per heavy atom. The topological polar surface area (TPSA) is 165 Å². The summed E-state index contributed by atoms with van der Waals surface area (Å²) < 4.78 is 0. The molecule has 0 aromatic heterocycles. The maximum atomic E-state index is 13.8. The molecule has 1 aromatic rings. The van der Waals surface area contributed by atoms with Crippen molar-refractivity contribution in [3.8, 4) is 5.75 Å². The van der Waals surface area contributed by atoms with Gasteiger partial charge in [-0.1, -0.05) is 0 Å². The Morgan fingerprint density at radius 3 is 2.29 bits per heavy atom. The first-order valence-electron chi connectivity index (χ1n) is 10.6. The Labute approximate surface area is 200 Å². The van der Waals surface area contributed by atoms with E-state index in [1.807, 2.05) is 0 Å². The Bertz CT molecular complexity index is 1220. The van der Waals surface area contributed by atoms with Crippen LogP contribution >= 0.6 is 11.6 Å². The fourth-order valence-electron chi connectivity index (χ4n) is 5.69. The first-order valence-corrected chi connectivity index (χ1v) is 10.9. The molecule has 0 radical (unpaired) electrons. The highest BCUT2D eigenvalue weighted by Crippen LogP contribution is 2.57. The minimum atomic E-state index is -2.92. The van der Waals surface area contributed by atoms with Crippen LogP contribution in [0, 0.1) is 5.92 Å². The molecule has 1 saturated carbocycles. The predicted octanol–water partition coefficient (Wildman–Crippen LogP) is 0.391. The molecular weight excluding hydrogens is 466 g/mol. The van der Waals surface area contributed by atoms with Crippen molar-refractivity contribution in [2.45, 2.75) is 29.4 Å². The minimum absolute atomic E-state index is 0.0334. The highest BCUT2D eigenvalue weighted by Gasteiger charge is 2.72. The molecule has 1 aromatic carbocycles. The van der Waals surface area contributed by atoms with E-state index in [1.165, 1.54) is 25.1 Å².